The van der Waals surface area contributed by atoms with Crippen molar-refractivity contribution in [2.45, 2.75) is 38.3 Å². The van der Waals surface area contributed by atoms with Gasteiger partial charge in [-0.15, -0.1) is 0 Å². The van der Waals surface area contributed by atoms with Gasteiger partial charge in [0.25, 0.3) is 0 Å². The first-order chi connectivity index (χ1) is 13.0. The van der Waals surface area contributed by atoms with Gasteiger partial charge in [0.2, 0.25) is 5.91 Å². The van der Waals surface area contributed by atoms with Gasteiger partial charge in [0.15, 0.2) is 0 Å². The van der Waals surface area contributed by atoms with Gasteiger partial charge >= 0.3 is 0 Å². The fourth-order valence-electron chi connectivity index (χ4n) is 4.31. The zero-order valence-corrected chi connectivity index (χ0v) is 16.2. The minimum atomic E-state index is -0.578. The van der Waals surface area contributed by atoms with Crippen molar-refractivity contribution in [1.82, 2.24) is 5.32 Å². The van der Waals surface area contributed by atoms with E-state index in [9.17, 15) is 4.79 Å². The highest BCUT2D eigenvalue weighted by molar-refractivity contribution is 5.91. The predicted octanol–water partition coefficient (Wildman–Crippen LogP) is 4.11. The maximum atomic E-state index is 12.4. The van der Waals surface area contributed by atoms with Gasteiger partial charge < -0.3 is 15.0 Å². The molecule has 1 N–H and O–H groups in total. The molecule has 2 heterocycles. The van der Waals surface area contributed by atoms with Crippen LogP contribution in [0, 0.1) is 0 Å². The van der Waals surface area contributed by atoms with E-state index in [0.29, 0.717) is 13.2 Å². The highest BCUT2D eigenvalue weighted by Crippen LogP contribution is 2.52. The smallest absolute Gasteiger partial charge is 0.241 e. The van der Waals surface area contributed by atoms with Gasteiger partial charge in [0, 0.05) is 16.7 Å². The molecule has 0 saturated carbocycles. The third-order valence-electron chi connectivity index (χ3n) is 5.76. The zero-order valence-electron chi connectivity index (χ0n) is 16.2. The van der Waals surface area contributed by atoms with Crippen molar-refractivity contribution in [3.8, 4) is 5.75 Å². The molecule has 0 aliphatic carbocycles. The second-order valence-corrected chi connectivity index (χ2v) is 7.76. The molecule has 4 rings (SSSR count). The average molecular weight is 362 g/mol. The van der Waals surface area contributed by atoms with Gasteiger partial charge in [-0.2, -0.15) is 0 Å². The fraction of sp³-hybridized carbons (Fsp3) is 0.348. The quantitative estimate of drug-likeness (QED) is 0.870. The molecule has 2 aliphatic heterocycles. The summed E-state index contributed by atoms with van der Waals surface area (Å²) >= 11 is 0. The molecule has 2 aromatic carbocycles. The van der Waals surface area contributed by atoms with Gasteiger partial charge in [-0.25, -0.2) is 0 Å². The molecule has 1 amide bonds. The monoisotopic (exact) mass is 362 g/mol. The van der Waals surface area contributed by atoms with Gasteiger partial charge in [0.05, 0.1) is 13.2 Å². The Labute approximate surface area is 160 Å². The molecular formula is C23H26N2O2. The summed E-state index contributed by atoms with van der Waals surface area (Å²) in [7, 11) is 0. The number of fused-ring (bicyclic) bond motifs is 3. The Kier molecular flexibility index (Phi) is 4.22. The molecule has 2 aromatic rings. The number of amides is 1. The van der Waals surface area contributed by atoms with Gasteiger partial charge in [-0.3, -0.25) is 4.79 Å². The van der Waals surface area contributed by atoms with E-state index in [1.54, 1.807) is 0 Å². The van der Waals surface area contributed by atoms with E-state index in [2.05, 4.69) is 61.3 Å². The van der Waals surface area contributed by atoms with Crippen molar-refractivity contribution in [2.24, 2.45) is 0 Å². The Morgan fingerprint density at radius 2 is 1.89 bits per heavy atom. The molecule has 4 nitrogen and oxygen atoms in total. The largest absolute Gasteiger partial charge is 0.493 e. The zero-order chi connectivity index (χ0) is 19.1. The maximum absolute atomic E-state index is 12.4. The number of para-hydroxylation sites is 2. The van der Waals surface area contributed by atoms with E-state index in [4.69, 9.17) is 4.74 Å². The summed E-state index contributed by atoms with van der Waals surface area (Å²) < 4.78 is 5.89. The molecule has 0 spiro atoms. The van der Waals surface area contributed by atoms with E-state index in [1.165, 1.54) is 5.56 Å². The van der Waals surface area contributed by atoms with Crippen LogP contribution in [0.1, 0.15) is 38.3 Å². The molecule has 1 fully saturated rings. The second kappa shape index (κ2) is 6.45. The first kappa shape index (κ1) is 17.7. The first-order valence-electron chi connectivity index (χ1n) is 9.59. The van der Waals surface area contributed by atoms with E-state index in [0.717, 1.165) is 23.4 Å². The Balaban J connectivity index is 1.77. The number of ether oxygens (including phenoxy) is 1. The van der Waals surface area contributed by atoms with Crippen LogP contribution in [0.2, 0.25) is 0 Å². The van der Waals surface area contributed by atoms with Gasteiger partial charge in [-0.1, -0.05) is 63.2 Å². The summed E-state index contributed by atoms with van der Waals surface area (Å²) in [6.45, 7) is 7.55. The minimum absolute atomic E-state index is 0.0535. The van der Waals surface area contributed by atoms with Crippen molar-refractivity contribution in [1.29, 1.82) is 0 Å². The van der Waals surface area contributed by atoms with Crippen LogP contribution in [0.4, 0.5) is 5.69 Å². The number of nitrogens with one attached hydrogen (secondary N) is 1. The van der Waals surface area contributed by atoms with E-state index in [1.807, 2.05) is 30.3 Å². The van der Waals surface area contributed by atoms with Crippen molar-refractivity contribution in [2.75, 3.05) is 18.1 Å². The number of rotatable bonds is 5. The normalized spacial score (nSPS) is 22.6. The maximum Gasteiger partial charge on any atom is 0.241 e. The third kappa shape index (κ3) is 2.62. The molecule has 0 radical (unpaired) electrons. The third-order valence-corrected chi connectivity index (χ3v) is 5.76. The number of hydrogen-bond donors (Lipinski definition) is 1. The highest BCUT2D eigenvalue weighted by atomic mass is 16.5. The van der Waals surface area contributed by atoms with Crippen LogP contribution >= 0.6 is 0 Å². The Bertz CT molecular complexity index is 903. The standard InChI is InChI=1S/C23H26N2O2/c1-4-15-27-20-12-8-5-9-17(20)13-14-23-22(2,3)18-10-6-7-11-19(18)25(23)16-21(26)24-23/h5-14H,4,15-16H2,1-3H3,(H,24,26)/t23-/m0/s1. The number of anilines is 1. The number of carbonyl (C=O) groups excluding carboxylic acids is 1. The molecule has 4 heteroatoms. The highest BCUT2D eigenvalue weighted by Gasteiger charge is 2.59. The lowest BCUT2D eigenvalue weighted by Crippen LogP contribution is -2.58. The van der Waals surface area contributed by atoms with E-state index in [-0.39, 0.29) is 11.3 Å². The number of carbonyl (C=O) groups is 1. The van der Waals surface area contributed by atoms with Crippen LogP contribution in [0.3, 0.4) is 0 Å². The number of nitrogens with zero attached hydrogens (tertiary/aromatic N) is 1. The minimum Gasteiger partial charge on any atom is -0.493 e. The molecular weight excluding hydrogens is 336 g/mol. The van der Waals surface area contributed by atoms with Crippen LogP contribution in [0.5, 0.6) is 5.75 Å². The number of hydrogen-bond acceptors (Lipinski definition) is 3. The molecule has 0 bridgehead atoms. The van der Waals surface area contributed by atoms with E-state index >= 15 is 0 Å². The van der Waals surface area contributed by atoms with Gasteiger partial charge in [-0.05, 0) is 30.2 Å². The van der Waals surface area contributed by atoms with Crippen LogP contribution in [0.15, 0.2) is 54.6 Å². The lowest BCUT2D eigenvalue weighted by atomic mass is 9.75. The molecule has 2 aliphatic rings. The Morgan fingerprint density at radius 3 is 2.70 bits per heavy atom. The van der Waals surface area contributed by atoms with Crippen molar-refractivity contribution >= 4 is 17.7 Å². The van der Waals surface area contributed by atoms with Crippen LogP contribution in [0.25, 0.3) is 6.08 Å². The predicted molar refractivity (Wildman–Crippen MR) is 109 cm³/mol. The lowest BCUT2D eigenvalue weighted by molar-refractivity contribution is -0.118. The fourth-order valence-corrected chi connectivity index (χ4v) is 4.31. The van der Waals surface area contributed by atoms with Crippen LogP contribution in [-0.2, 0) is 10.2 Å². The van der Waals surface area contributed by atoms with E-state index < -0.39 is 5.66 Å². The summed E-state index contributed by atoms with van der Waals surface area (Å²) in [6, 6.07) is 16.4. The summed E-state index contributed by atoms with van der Waals surface area (Å²) in [5.41, 5.74) is 2.57. The van der Waals surface area contributed by atoms with Crippen LogP contribution in [-0.4, -0.2) is 24.7 Å². The molecule has 27 heavy (non-hydrogen) atoms. The summed E-state index contributed by atoms with van der Waals surface area (Å²) in [5.74, 6) is 0.925. The molecule has 140 valence electrons. The molecule has 1 saturated heterocycles. The summed E-state index contributed by atoms with van der Waals surface area (Å²) in [6.07, 6.45) is 5.18. The van der Waals surface area contributed by atoms with Crippen molar-refractivity contribution in [3.63, 3.8) is 0 Å². The average Bonchev–Trinajstić information content (AvgIpc) is 3.10. The van der Waals surface area contributed by atoms with Crippen LogP contribution < -0.4 is 15.0 Å². The SMILES string of the molecule is CCCOc1ccccc1C=C[C@]12NC(=O)CN1c1ccccc1C2(C)C. The molecule has 1 atom stereocenters. The Hall–Kier alpha value is -2.75. The van der Waals surface area contributed by atoms with Gasteiger partial charge in [0.1, 0.15) is 11.4 Å². The van der Waals surface area contributed by atoms with Crippen molar-refractivity contribution < 1.29 is 9.53 Å². The topological polar surface area (TPSA) is 41.6 Å². The summed E-state index contributed by atoms with van der Waals surface area (Å²) in [5, 5.41) is 3.26. The number of benzene rings is 2. The van der Waals surface area contributed by atoms with Crippen molar-refractivity contribution in [3.05, 3.63) is 65.7 Å². The second-order valence-electron chi connectivity index (χ2n) is 7.76. The Morgan fingerprint density at radius 1 is 1.15 bits per heavy atom. The molecule has 0 unspecified atom stereocenters. The first-order valence-corrected chi connectivity index (χ1v) is 9.59. The summed E-state index contributed by atoms with van der Waals surface area (Å²) in [4.78, 5) is 14.6. The lowest BCUT2D eigenvalue weighted by Gasteiger charge is -2.40. The molecule has 0 aromatic heterocycles.